The third kappa shape index (κ3) is 4.64. The molecule has 21 heavy (non-hydrogen) atoms. The summed E-state index contributed by atoms with van der Waals surface area (Å²) >= 11 is 1.28. The van der Waals surface area contributed by atoms with E-state index in [1.165, 1.54) is 11.3 Å². The number of thiophene rings is 1. The van der Waals surface area contributed by atoms with Crippen LogP contribution in [0.3, 0.4) is 0 Å². The maximum Gasteiger partial charge on any atom is 0.250 e. The summed E-state index contributed by atoms with van der Waals surface area (Å²) in [5.41, 5.74) is 6.60. The van der Waals surface area contributed by atoms with Gasteiger partial charge in [0.2, 0.25) is 10.0 Å². The molecule has 0 saturated carbocycles. The lowest BCUT2D eigenvalue weighted by Gasteiger charge is -2.13. The standard InChI is InChI=1S/C15H20N2O2S2/c1-12(11-13-5-3-2-4-6-13)17-21(18,19)15-8-7-14(20-15)9-10-16/h2-8,12,17H,9-11,16H2,1H3. The number of hydrogen-bond acceptors (Lipinski definition) is 4. The summed E-state index contributed by atoms with van der Waals surface area (Å²) in [5.74, 6) is 0. The number of hydrogen-bond donors (Lipinski definition) is 2. The molecule has 1 aromatic heterocycles. The van der Waals surface area contributed by atoms with Crippen LogP contribution in [0.25, 0.3) is 0 Å². The molecular weight excluding hydrogens is 304 g/mol. The maximum absolute atomic E-state index is 12.3. The summed E-state index contributed by atoms with van der Waals surface area (Å²) in [6, 6.07) is 13.2. The van der Waals surface area contributed by atoms with Gasteiger partial charge in [-0.1, -0.05) is 30.3 Å². The topological polar surface area (TPSA) is 72.2 Å². The van der Waals surface area contributed by atoms with Crippen LogP contribution in [0.4, 0.5) is 0 Å². The van der Waals surface area contributed by atoms with Crippen molar-refractivity contribution in [2.45, 2.75) is 30.0 Å². The molecule has 1 heterocycles. The highest BCUT2D eigenvalue weighted by atomic mass is 32.2. The Morgan fingerprint density at radius 3 is 2.57 bits per heavy atom. The zero-order valence-electron chi connectivity index (χ0n) is 12.0. The second kappa shape index (κ2) is 7.17. The molecule has 0 aliphatic carbocycles. The van der Waals surface area contributed by atoms with E-state index in [9.17, 15) is 8.42 Å². The largest absolute Gasteiger partial charge is 0.330 e. The Labute approximate surface area is 130 Å². The van der Waals surface area contributed by atoms with Crippen LogP contribution >= 0.6 is 11.3 Å². The van der Waals surface area contributed by atoms with Crippen molar-refractivity contribution in [2.75, 3.05) is 6.54 Å². The fourth-order valence-electron chi connectivity index (χ4n) is 2.11. The molecule has 3 N–H and O–H groups in total. The molecule has 6 heteroatoms. The predicted molar refractivity (Wildman–Crippen MR) is 87.0 cm³/mol. The van der Waals surface area contributed by atoms with Crippen LogP contribution in [0, 0.1) is 0 Å². The van der Waals surface area contributed by atoms with E-state index in [0.717, 1.165) is 10.4 Å². The van der Waals surface area contributed by atoms with Crippen molar-refractivity contribution in [1.29, 1.82) is 0 Å². The molecule has 0 radical (unpaired) electrons. The van der Waals surface area contributed by atoms with Crippen LogP contribution in [-0.2, 0) is 22.9 Å². The average Bonchev–Trinajstić information content (AvgIpc) is 2.89. The first-order chi connectivity index (χ1) is 10.0. The summed E-state index contributed by atoms with van der Waals surface area (Å²) in [6.45, 7) is 2.40. The van der Waals surface area contributed by atoms with E-state index >= 15 is 0 Å². The maximum atomic E-state index is 12.3. The number of benzene rings is 1. The first kappa shape index (κ1) is 16.2. The lowest BCUT2D eigenvalue weighted by molar-refractivity contribution is 0.562. The van der Waals surface area contributed by atoms with Crippen molar-refractivity contribution in [2.24, 2.45) is 5.73 Å². The first-order valence-electron chi connectivity index (χ1n) is 6.86. The third-order valence-corrected chi connectivity index (χ3v) is 6.26. The van der Waals surface area contributed by atoms with Crippen molar-refractivity contribution in [3.8, 4) is 0 Å². The van der Waals surface area contributed by atoms with E-state index in [0.29, 0.717) is 23.6 Å². The van der Waals surface area contributed by atoms with Gasteiger partial charge in [-0.15, -0.1) is 11.3 Å². The van der Waals surface area contributed by atoms with Crippen LogP contribution in [0.5, 0.6) is 0 Å². The Hall–Kier alpha value is -1.21. The normalized spacial score (nSPS) is 13.2. The van der Waals surface area contributed by atoms with Crippen molar-refractivity contribution in [1.82, 2.24) is 4.72 Å². The highest BCUT2D eigenvalue weighted by molar-refractivity contribution is 7.91. The van der Waals surface area contributed by atoms with Gasteiger partial charge in [0.1, 0.15) is 4.21 Å². The van der Waals surface area contributed by atoms with E-state index in [-0.39, 0.29) is 6.04 Å². The molecule has 4 nitrogen and oxygen atoms in total. The second-order valence-electron chi connectivity index (χ2n) is 4.97. The van der Waals surface area contributed by atoms with Gasteiger partial charge in [0, 0.05) is 10.9 Å². The number of nitrogens with one attached hydrogen (secondary N) is 1. The number of nitrogens with two attached hydrogens (primary N) is 1. The van der Waals surface area contributed by atoms with E-state index in [4.69, 9.17) is 5.73 Å². The molecule has 0 spiro atoms. The smallest absolute Gasteiger partial charge is 0.250 e. The zero-order valence-corrected chi connectivity index (χ0v) is 13.6. The van der Waals surface area contributed by atoms with Gasteiger partial charge in [-0.05, 0) is 44.0 Å². The van der Waals surface area contributed by atoms with Gasteiger partial charge in [0.05, 0.1) is 0 Å². The molecule has 2 aromatic rings. The molecule has 1 atom stereocenters. The van der Waals surface area contributed by atoms with Crippen LogP contribution in [0.15, 0.2) is 46.7 Å². The number of sulfonamides is 1. The Bertz CT molecular complexity index is 666. The van der Waals surface area contributed by atoms with Crippen molar-refractivity contribution in [3.05, 3.63) is 52.9 Å². The molecule has 114 valence electrons. The Balaban J connectivity index is 2.02. The summed E-state index contributed by atoms with van der Waals surface area (Å²) in [6.07, 6.45) is 1.38. The van der Waals surface area contributed by atoms with Gasteiger partial charge in [-0.2, -0.15) is 0 Å². The summed E-state index contributed by atoms with van der Waals surface area (Å²) < 4.78 is 27.7. The van der Waals surface area contributed by atoms with Crippen LogP contribution < -0.4 is 10.5 Å². The summed E-state index contributed by atoms with van der Waals surface area (Å²) in [7, 11) is -3.45. The minimum Gasteiger partial charge on any atom is -0.330 e. The molecule has 0 bridgehead atoms. The van der Waals surface area contributed by atoms with Crippen LogP contribution in [0.2, 0.25) is 0 Å². The van der Waals surface area contributed by atoms with Crippen LogP contribution in [0.1, 0.15) is 17.4 Å². The fourth-order valence-corrected chi connectivity index (χ4v) is 4.74. The van der Waals surface area contributed by atoms with Gasteiger partial charge >= 0.3 is 0 Å². The summed E-state index contributed by atoms with van der Waals surface area (Å²) in [5, 5.41) is 0. The molecule has 1 unspecified atom stereocenters. The van der Waals surface area contributed by atoms with E-state index < -0.39 is 10.0 Å². The van der Waals surface area contributed by atoms with Crippen molar-refractivity contribution < 1.29 is 8.42 Å². The quantitative estimate of drug-likeness (QED) is 0.820. The molecular formula is C15H20N2O2S2. The lowest BCUT2D eigenvalue weighted by atomic mass is 10.1. The zero-order chi connectivity index (χ0) is 15.3. The molecule has 2 rings (SSSR count). The Morgan fingerprint density at radius 1 is 1.19 bits per heavy atom. The third-order valence-electron chi connectivity index (χ3n) is 3.03. The van der Waals surface area contributed by atoms with Gasteiger partial charge in [0.15, 0.2) is 0 Å². The molecule has 0 amide bonds. The lowest BCUT2D eigenvalue weighted by Crippen LogP contribution is -2.33. The van der Waals surface area contributed by atoms with Crippen molar-refractivity contribution in [3.63, 3.8) is 0 Å². The second-order valence-corrected chi connectivity index (χ2v) is 8.08. The van der Waals surface area contributed by atoms with E-state index in [1.54, 1.807) is 6.07 Å². The monoisotopic (exact) mass is 324 g/mol. The Morgan fingerprint density at radius 2 is 1.90 bits per heavy atom. The Kier molecular flexibility index (Phi) is 5.52. The summed E-state index contributed by atoms with van der Waals surface area (Å²) in [4.78, 5) is 0.994. The molecule has 0 aliphatic heterocycles. The average molecular weight is 324 g/mol. The fraction of sp³-hybridized carbons (Fsp3) is 0.333. The van der Waals surface area contributed by atoms with Gasteiger partial charge in [-0.25, -0.2) is 13.1 Å². The minimum atomic E-state index is -3.45. The molecule has 0 saturated heterocycles. The number of rotatable bonds is 7. The van der Waals surface area contributed by atoms with Crippen molar-refractivity contribution >= 4 is 21.4 Å². The minimum absolute atomic E-state index is 0.155. The van der Waals surface area contributed by atoms with Gasteiger partial charge in [-0.3, -0.25) is 0 Å². The highest BCUT2D eigenvalue weighted by Crippen LogP contribution is 2.22. The first-order valence-corrected chi connectivity index (χ1v) is 9.16. The molecule has 1 aromatic carbocycles. The van der Waals surface area contributed by atoms with Crippen LogP contribution in [-0.4, -0.2) is 21.0 Å². The molecule has 0 aliphatic rings. The van der Waals surface area contributed by atoms with E-state index in [2.05, 4.69) is 4.72 Å². The van der Waals surface area contributed by atoms with Gasteiger partial charge < -0.3 is 5.73 Å². The van der Waals surface area contributed by atoms with Gasteiger partial charge in [0.25, 0.3) is 0 Å². The highest BCUT2D eigenvalue weighted by Gasteiger charge is 2.19. The SMILES string of the molecule is CC(Cc1ccccc1)NS(=O)(=O)c1ccc(CCN)s1. The molecule has 0 fully saturated rings. The van der Waals surface area contributed by atoms with E-state index in [1.807, 2.05) is 43.3 Å². The predicted octanol–water partition coefficient (Wildman–Crippen LogP) is 2.16.